The first kappa shape index (κ1) is 14.0. The third kappa shape index (κ3) is 2.28. The summed E-state index contributed by atoms with van der Waals surface area (Å²) in [5, 5.41) is 0. The summed E-state index contributed by atoms with van der Waals surface area (Å²) in [4.78, 5) is 4.65. The van der Waals surface area contributed by atoms with Gasteiger partial charge in [0.1, 0.15) is 17.1 Å². The fraction of sp³-hybridized carbons (Fsp3) is 0.235. The van der Waals surface area contributed by atoms with Gasteiger partial charge < -0.3 is 4.74 Å². The number of aryl methyl sites for hydroxylation is 2. The highest BCUT2D eigenvalue weighted by Crippen LogP contribution is 2.30. The highest BCUT2D eigenvalue weighted by Gasteiger charge is 2.15. The molecule has 108 valence electrons. The summed E-state index contributed by atoms with van der Waals surface area (Å²) in [5.74, 6) is 1.94. The van der Waals surface area contributed by atoms with Gasteiger partial charge in [0.2, 0.25) is 0 Å². The van der Waals surface area contributed by atoms with E-state index in [2.05, 4.69) is 41.6 Å². The van der Waals surface area contributed by atoms with E-state index in [1.807, 2.05) is 18.2 Å². The van der Waals surface area contributed by atoms with Gasteiger partial charge in [-0.3, -0.25) is 4.57 Å². The van der Waals surface area contributed by atoms with Crippen LogP contribution in [0.4, 0.5) is 0 Å². The smallest absolute Gasteiger partial charge is 0.146 e. The topological polar surface area (TPSA) is 27.1 Å². The Morgan fingerprint density at radius 3 is 2.67 bits per heavy atom. The van der Waals surface area contributed by atoms with Gasteiger partial charge >= 0.3 is 0 Å². The molecule has 3 nitrogen and oxygen atoms in total. The van der Waals surface area contributed by atoms with E-state index in [1.54, 1.807) is 7.11 Å². The minimum Gasteiger partial charge on any atom is -0.494 e. The van der Waals surface area contributed by atoms with Crippen molar-refractivity contribution >= 4 is 22.6 Å². The van der Waals surface area contributed by atoms with Gasteiger partial charge in [-0.05, 0) is 37.6 Å². The number of benzene rings is 2. The summed E-state index contributed by atoms with van der Waals surface area (Å²) in [6.07, 6.45) is 0. The van der Waals surface area contributed by atoms with Gasteiger partial charge in [0, 0.05) is 0 Å². The summed E-state index contributed by atoms with van der Waals surface area (Å²) < 4.78 is 7.52. The van der Waals surface area contributed by atoms with E-state index < -0.39 is 0 Å². The maximum atomic E-state index is 6.11. The molecule has 21 heavy (non-hydrogen) atoms. The molecule has 0 aliphatic carbocycles. The van der Waals surface area contributed by atoms with Crippen LogP contribution in [0.15, 0.2) is 36.4 Å². The molecule has 0 unspecified atom stereocenters. The molecule has 1 aromatic heterocycles. The van der Waals surface area contributed by atoms with Gasteiger partial charge in [0.05, 0.1) is 24.2 Å². The standard InChI is InChI=1S/C17H17ClN2O/c1-11-7-8-13(12(2)9-11)20-14-5-4-6-15(21-3)17(14)19-16(20)10-18/h4-9H,10H2,1-3H3. The number of nitrogens with zero attached hydrogens (tertiary/aromatic N) is 2. The van der Waals surface area contributed by atoms with Gasteiger partial charge in [-0.1, -0.05) is 23.8 Å². The third-order valence-corrected chi connectivity index (χ3v) is 3.89. The highest BCUT2D eigenvalue weighted by atomic mass is 35.5. The molecule has 0 radical (unpaired) electrons. The van der Waals surface area contributed by atoms with Gasteiger partial charge in [-0.15, -0.1) is 11.6 Å². The van der Waals surface area contributed by atoms with Crippen LogP contribution >= 0.6 is 11.6 Å². The Kier molecular flexibility index (Phi) is 3.60. The van der Waals surface area contributed by atoms with Gasteiger partial charge in [0.25, 0.3) is 0 Å². The predicted molar refractivity (Wildman–Crippen MR) is 86.7 cm³/mol. The van der Waals surface area contributed by atoms with Crippen LogP contribution in [-0.4, -0.2) is 16.7 Å². The Morgan fingerprint density at radius 1 is 1.19 bits per heavy atom. The van der Waals surface area contributed by atoms with Gasteiger partial charge in [-0.25, -0.2) is 4.98 Å². The Morgan fingerprint density at radius 2 is 2.00 bits per heavy atom. The molecule has 3 aromatic rings. The van der Waals surface area contributed by atoms with Crippen molar-refractivity contribution < 1.29 is 4.74 Å². The van der Waals surface area contributed by atoms with Crippen molar-refractivity contribution in [3.05, 3.63) is 53.3 Å². The molecule has 0 saturated heterocycles. The number of fused-ring (bicyclic) bond motifs is 1. The normalized spacial score (nSPS) is 11.0. The molecule has 1 heterocycles. The van der Waals surface area contributed by atoms with E-state index in [9.17, 15) is 0 Å². The summed E-state index contributed by atoms with van der Waals surface area (Å²) >= 11 is 6.11. The lowest BCUT2D eigenvalue weighted by Crippen LogP contribution is -2.01. The van der Waals surface area contributed by atoms with Crippen LogP contribution in [0.25, 0.3) is 16.7 Å². The second kappa shape index (κ2) is 5.41. The molecule has 0 bridgehead atoms. The van der Waals surface area contributed by atoms with Crippen molar-refractivity contribution in [2.45, 2.75) is 19.7 Å². The fourth-order valence-electron chi connectivity index (χ4n) is 2.70. The molecule has 0 amide bonds. The minimum atomic E-state index is 0.352. The SMILES string of the molecule is COc1cccc2c1nc(CCl)n2-c1ccc(C)cc1C. The van der Waals surface area contributed by atoms with Gasteiger partial charge in [-0.2, -0.15) is 0 Å². The van der Waals surface area contributed by atoms with Crippen molar-refractivity contribution in [1.82, 2.24) is 9.55 Å². The first-order chi connectivity index (χ1) is 10.2. The van der Waals surface area contributed by atoms with Crippen LogP contribution in [0.1, 0.15) is 17.0 Å². The molecule has 0 aliphatic heterocycles. The van der Waals surface area contributed by atoms with Crippen molar-refractivity contribution in [3.63, 3.8) is 0 Å². The maximum Gasteiger partial charge on any atom is 0.146 e. The number of hydrogen-bond donors (Lipinski definition) is 0. The lowest BCUT2D eigenvalue weighted by atomic mass is 10.1. The summed E-state index contributed by atoms with van der Waals surface area (Å²) in [6.45, 7) is 4.20. The first-order valence-corrected chi connectivity index (χ1v) is 7.37. The Balaban J connectivity index is 2.35. The molecule has 0 aliphatic rings. The zero-order chi connectivity index (χ0) is 15.0. The molecule has 0 spiro atoms. The molecular weight excluding hydrogens is 284 g/mol. The van der Waals surface area contributed by atoms with E-state index in [-0.39, 0.29) is 0 Å². The first-order valence-electron chi connectivity index (χ1n) is 6.83. The Hall–Kier alpha value is -2.00. The van der Waals surface area contributed by atoms with Crippen LogP contribution in [-0.2, 0) is 5.88 Å². The quantitative estimate of drug-likeness (QED) is 0.671. The number of ether oxygens (including phenoxy) is 1. The van der Waals surface area contributed by atoms with E-state index in [0.29, 0.717) is 5.88 Å². The van der Waals surface area contributed by atoms with Crippen molar-refractivity contribution in [2.75, 3.05) is 7.11 Å². The lowest BCUT2D eigenvalue weighted by molar-refractivity contribution is 0.419. The van der Waals surface area contributed by atoms with Crippen molar-refractivity contribution in [3.8, 4) is 11.4 Å². The highest BCUT2D eigenvalue weighted by molar-refractivity contribution is 6.17. The van der Waals surface area contributed by atoms with Crippen LogP contribution in [0.3, 0.4) is 0 Å². The maximum absolute atomic E-state index is 6.11. The lowest BCUT2D eigenvalue weighted by Gasteiger charge is -2.12. The van der Waals surface area contributed by atoms with Crippen LogP contribution in [0.5, 0.6) is 5.75 Å². The number of rotatable bonds is 3. The van der Waals surface area contributed by atoms with Crippen molar-refractivity contribution in [1.29, 1.82) is 0 Å². The molecule has 2 aromatic carbocycles. The third-order valence-electron chi connectivity index (χ3n) is 3.65. The van der Waals surface area contributed by atoms with E-state index in [1.165, 1.54) is 11.1 Å². The predicted octanol–water partition coefficient (Wildman–Crippen LogP) is 4.39. The zero-order valence-corrected chi connectivity index (χ0v) is 13.1. The van der Waals surface area contributed by atoms with E-state index in [4.69, 9.17) is 16.3 Å². The van der Waals surface area contributed by atoms with Crippen LogP contribution < -0.4 is 4.74 Å². The van der Waals surface area contributed by atoms with E-state index >= 15 is 0 Å². The number of alkyl halides is 1. The summed E-state index contributed by atoms with van der Waals surface area (Å²) in [7, 11) is 1.66. The number of aromatic nitrogens is 2. The fourth-order valence-corrected chi connectivity index (χ4v) is 2.88. The Bertz CT molecular complexity index is 808. The molecule has 0 N–H and O–H groups in total. The molecule has 0 fully saturated rings. The number of halogens is 1. The molecule has 3 rings (SSSR count). The summed E-state index contributed by atoms with van der Waals surface area (Å²) in [6, 6.07) is 12.3. The number of imidazole rings is 1. The van der Waals surface area contributed by atoms with E-state index in [0.717, 1.165) is 28.3 Å². The second-order valence-electron chi connectivity index (χ2n) is 5.12. The monoisotopic (exact) mass is 300 g/mol. The van der Waals surface area contributed by atoms with Crippen LogP contribution in [0.2, 0.25) is 0 Å². The molecule has 0 atom stereocenters. The largest absolute Gasteiger partial charge is 0.494 e. The average Bonchev–Trinajstić information content (AvgIpc) is 2.85. The number of methoxy groups -OCH3 is 1. The summed E-state index contributed by atoms with van der Waals surface area (Å²) in [5.41, 5.74) is 5.40. The Labute approximate surface area is 129 Å². The second-order valence-corrected chi connectivity index (χ2v) is 5.38. The van der Waals surface area contributed by atoms with Gasteiger partial charge in [0.15, 0.2) is 0 Å². The number of para-hydroxylation sites is 1. The molecular formula is C17H17ClN2O. The molecule has 0 saturated carbocycles. The number of hydrogen-bond acceptors (Lipinski definition) is 2. The van der Waals surface area contributed by atoms with Crippen molar-refractivity contribution in [2.24, 2.45) is 0 Å². The molecule has 4 heteroatoms. The average molecular weight is 301 g/mol. The van der Waals surface area contributed by atoms with Crippen LogP contribution in [0, 0.1) is 13.8 Å². The zero-order valence-electron chi connectivity index (χ0n) is 12.4. The minimum absolute atomic E-state index is 0.352.